The Bertz CT molecular complexity index is 811. The van der Waals surface area contributed by atoms with Crippen molar-refractivity contribution in [3.05, 3.63) is 36.2 Å². The van der Waals surface area contributed by atoms with Crippen molar-refractivity contribution < 1.29 is 18.7 Å². The molecular weight excluding hydrogens is 352 g/mol. The number of hydrogen-bond donors (Lipinski definition) is 4. The number of nitrogens with zero attached hydrogens (tertiary/aromatic N) is 2. The van der Waals surface area contributed by atoms with Crippen LogP contribution in [0.25, 0.3) is 11.5 Å². The van der Waals surface area contributed by atoms with Crippen LogP contribution < -0.4 is 22.5 Å². The number of nitrogens with one attached hydrogen (secondary N) is 1. The summed E-state index contributed by atoms with van der Waals surface area (Å²) in [5, 5.41) is 2.58. The third-order valence-electron chi connectivity index (χ3n) is 3.63. The molecule has 0 saturated heterocycles. The van der Waals surface area contributed by atoms with E-state index >= 15 is 0 Å². The molecule has 1 amide bonds. The third-order valence-corrected chi connectivity index (χ3v) is 3.63. The molecule has 1 aromatic heterocycles. The predicted molar refractivity (Wildman–Crippen MR) is 99.5 cm³/mol. The number of oxazole rings is 1. The molecule has 0 aliphatic carbocycles. The molecule has 2 rings (SSSR count). The van der Waals surface area contributed by atoms with Crippen molar-refractivity contribution in [3.63, 3.8) is 0 Å². The fourth-order valence-corrected chi connectivity index (χ4v) is 2.26. The molecule has 10 nitrogen and oxygen atoms in total. The zero-order chi connectivity index (χ0) is 19.8. The van der Waals surface area contributed by atoms with E-state index in [-0.39, 0.29) is 17.5 Å². The van der Waals surface area contributed by atoms with Gasteiger partial charge in [0.15, 0.2) is 11.7 Å². The van der Waals surface area contributed by atoms with Crippen LogP contribution in [0, 0.1) is 0 Å². The number of methoxy groups -OCH3 is 1. The number of aliphatic imine (C=N–C) groups is 1. The Morgan fingerprint density at radius 2 is 2.00 bits per heavy atom. The van der Waals surface area contributed by atoms with Gasteiger partial charge in [0.2, 0.25) is 5.89 Å². The monoisotopic (exact) mass is 374 g/mol. The Kier molecular flexibility index (Phi) is 6.75. The maximum absolute atomic E-state index is 12.4. The normalized spacial score (nSPS) is 11.4. The number of carbonyl (C=O) groups excluding carboxylic acids is 2. The van der Waals surface area contributed by atoms with Crippen LogP contribution in [0.15, 0.2) is 39.9 Å². The number of guanidine groups is 1. The van der Waals surface area contributed by atoms with Crippen LogP contribution in [0.2, 0.25) is 0 Å². The summed E-state index contributed by atoms with van der Waals surface area (Å²) in [7, 11) is 1.24. The minimum Gasteiger partial charge on any atom is -0.467 e. The van der Waals surface area contributed by atoms with Gasteiger partial charge in [0.1, 0.15) is 12.3 Å². The average Bonchev–Trinajstić information content (AvgIpc) is 3.14. The molecule has 0 aliphatic heterocycles. The van der Waals surface area contributed by atoms with Gasteiger partial charge in [0, 0.05) is 17.8 Å². The first-order valence-electron chi connectivity index (χ1n) is 8.16. The molecule has 0 fully saturated rings. The maximum Gasteiger partial charge on any atom is 0.328 e. The summed E-state index contributed by atoms with van der Waals surface area (Å²) in [6.45, 7) is 0.330. The van der Waals surface area contributed by atoms with E-state index in [0.29, 0.717) is 30.6 Å². The summed E-state index contributed by atoms with van der Waals surface area (Å²) < 4.78 is 10.0. The van der Waals surface area contributed by atoms with E-state index in [9.17, 15) is 9.59 Å². The summed E-state index contributed by atoms with van der Waals surface area (Å²) in [5.41, 5.74) is 17.5. The molecular formula is C17H22N6O4. The number of amides is 1. The first-order chi connectivity index (χ1) is 12.9. The summed E-state index contributed by atoms with van der Waals surface area (Å²) in [5.74, 6) is -0.901. The summed E-state index contributed by atoms with van der Waals surface area (Å²) in [6.07, 6.45) is 2.00. The van der Waals surface area contributed by atoms with Crippen molar-refractivity contribution in [2.75, 3.05) is 19.4 Å². The number of aromatic nitrogens is 1. The summed E-state index contributed by atoms with van der Waals surface area (Å²) in [6, 6.07) is 5.99. The second-order valence-electron chi connectivity index (χ2n) is 5.66. The molecule has 0 aliphatic rings. The standard InChI is InChI=1S/C17H22N6O4/c1-26-16(25)12(3-2-8-21-17(19)20)22-14(24)13-9-27-15(23-13)10-4-6-11(18)7-5-10/h4-7,9,12H,2-3,8,18H2,1H3,(H,22,24)(H4,19,20,21). The molecule has 27 heavy (non-hydrogen) atoms. The number of carbonyl (C=O) groups is 2. The van der Waals surface area contributed by atoms with Gasteiger partial charge in [-0.2, -0.15) is 0 Å². The lowest BCUT2D eigenvalue weighted by Crippen LogP contribution is -2.41. The van der Waals surface area contributed by atoms with Gasteiger partial charge in [0.25, 0.3) is 5.91 Å². The third kappa shape index (κ3) is 5.73. The molecule has 1 heterocycles. The van der Waals surface area contributed by atoms with Crippen LogP contribution in [-0.2, 0) is 9.53 Å². The predicted octanol–water partition coefficient (Wildman–Crippen LogP) is 0.249. The van der Waals surface area contributed by atoms with Crippen LogP contribution in [0.3, 0.4) is 0 Å². The zero-order valence-corrected chi connectivity index (χ0v) is 14.8. The number of rotatable bonds is 8. The van der Waals surface area contributed by atoms with Crippen LogP contribution in [0.5, 0.6) is 0 Å². The van der Waals surface area contributed by atoms with E-state index in [4.69, 9.17) is 26.4 Å². The SMILES string of the molecule is COC(=O)C(CCCN=C(N)N)NC(=O)c1coc(-c2ccc(N)cc2)n1. The zero-order valence-electron chi connectivity index (χ0n) is 14.8. The summed E-state index contributed by atoms with van der Waals surface area (Å²) >= 11 is 0. The molecule has 0 bridgehead atoms. The number of benzene rings is 1. The fourth-order valence-electron chi connectivity index (χ4n) is 2.26. The van der Waals surface area contributed by atoms with Gasteiger partial charge in [-0.3, -0.25) is 9.79 Å². The van der Waals surface area contributed by atoms with E-state index in [1.807, 2.05) is 0 Å². The van der Waals surface area contributed by atoms with Gasteiger partial charge in [-0.05, 0) is 37.1 Å². The second kappa shape index (κ2) is 9.22. The molecule has 1 aromatic carbocycles. The summed E-state index contributed by atoms with van der Waals surface area (Å²) in [4.78, 5) is 32.2. The Hall–Kier alpha value is -3.56. The molecule has 7 N–H and O–H groups in total. The number of nitrogens with two attached hydrogens (primary N) is 3. The smallest absolute Gasteiger partial charge is 0.328 e. The minimum atomic E-state index is -0.853. The Balaban J connectivity index is 2.02. The van der Waals surface area contributed by atoms with Crippen molar-refractivity contribution in [1.82, 2.24) is 10.3 Å². The number of esters is 1. The molecule has 144 valence electrons. The van der Waals surface area contributed by atoms with E-state index < -0.39 is 17.9 Å². The quantitative estimate of drug-likeness (QED) is 0.167. The first kappa shape index (κ1) is 19.8. The van der Waals surface area contributed by atoms with Crippen LogP contribution >= 0.6 is 0 Å². The Morgan fingerprint density at radius 1 is 1.30 bits per heavy atom. The lowest BCUT2D eigenvalue weighted by atomic mass is 10.1. The van der Waals surface area contributed by atoms with Crippen LogP contribution in [0.1, 0.15) is 23.3 Å². The van der Waals surface area contributed by atoms with Crippen molar-refractivity contribution >= 4 is 23.5 Å². The Labute approximate surface area is 155 Å². The van der Waals surface area contributed by atoms with Gasteiger partial charge in [0.05, 0.1) is 7.11 Å². The highest BCUT2D eigenvalue weighted by atomic mass is 16.5. The number of hydrogen-bond acceptors (Lipinski definition) is 7. The van der Waals surface area contributed by atoms with Crippen molar-refractivity contribution in [2.24, 2.45) is 16.5 Å². The number of ether oxygens (including phenoxy) is 1. The maximum atomic E-state index is 12.4. The van der Waals surface area contributed by atoms with Gasteiger partial charge in [-0.15, -0.1) is 0 Å². The molecule has 2 aromatic rings. The van der Waals surface area contributed by atoms with Crippen LogP contribution in [0.4, 0.5) is 5.69 Å². The van der Waals surface area contributed by atoms with Gasteiger partial charge in [-0.25, -0.2) is 9.78 Å². The number of anilines is 1. The Morgan fingerprint density at radius 3 is 2.63 bits per heavy atom. The molecule has 0 spiro atoms. The minimum absolute atomic E-state index is 0.0357. The van der Waals surface area contributed by atoms with Crippen LogP contribution in [-0.4, -0.2) is 42.5 Å². The number of nitrogen functional groups attached to an aromatic ring is 1. The molecule has 1 unspecified atom stereocenters. The lowest BCUT2D eigenvalue weighted by Gasteiger charge is -2.15. The highest BCUT2D eigenvalue weighted by molar-refractivity contribution is 5.95. The lowest BCUT2D eigenvalue weighted by molar-refractivity contribution is -0.143. The van der Waals surface area contributed by atoms with Gasteiger partial charge >= 0.3 is 5.97 Å². The molecule has 0 saturated carbocycles. The van der Waals surface area contributed by atoms with Crippen molar-refractivity contribution in [1.29, 1.82) is 0 Å². The van der Waals surface area contributed by atoms with Gasteiger partial charge < -0.3 is 31.7 Å². The van der Waals surface area contributed by atoms with E-state index in [2.05, 4.69) is 15.3 Å². The average molecular weight is 374 g/mol. The highest BCUT2D eigenvalue weighted by Gasteiger charge is 2.23. The van der Waals surface area contributed by atoms with Crippen molar-refractivity contribution in [3.8, 4) is 11.5 Å². The highest BCUT2D eigenvalue weighted by Crippen LogP contribution is 2.20. The fraction of sp³-hybridized carbons (Fsp3) is 0.294. The van der Waals surface area contributed by atoms with Crippen molar-refractivity contribution in [2.45, 2.75) is 18.9 Å². The van der Waals surface area contributed by atoms with E-state index in [1.165, 1.54) is 13.4 Å². The molecule has 1 atom stereocenters. The molecule has 0 radical (unpaired) electrons. The van der Waals surface area contributed by atoms with Gasteiger partial charge in [-0.1, -0.05) is 0 Å². The van der Waals surface area contributed by atoms with E-state index in [0.717, 1.165) is 0 Å². The topological polar surface area (TPSA) is 172 Å². The van der Waals surface area contributed by atoms with E-state index in [1.54, 1.807) is 24.3 Å². The largest absolute Gasteiger partial charge is 0.467 e. The second-order valence-corrected chi connectivity index (χ2v) is 5.66. The first-order valence-corrected chi connectivity index (χ1v) is 8.16. The molecule has 10 heteroatoms.